The molecule has 2 fully saturated rings. The molecule has 1 aliphatic carbocycles. The van der Waals surface area contributed by atoms with Gasteiger partial charge >= 0.3 is 0 Å². The lowest BCUT2D eigenvalue weighted by Crippen LogP contribution is -2.35. The van der Waals surface area contributed by atoms with Gasteiger partial charge in [0.15, 0.2) is 0 Å². The van der Waals surface area contributed by atoms with Gasteiger partial charge in [-0.15, -0.1) is 0 Å². The predicted molar refractivity (Wildman–Crippen MR) is 51.4 cm³/mol. The molecule has 1 unspecified atom stereocenters. The Labute approximate surface area is 79.3 Å². The molecule has 2 N–H and O–H groups in total. The minimum Gasteiger partial charge on any atom is -0.355 e. The van der Waals surface area contributed by atoms with E-state index in [1.165, 1.54) is 25.7 Å². The summed E-state index contributed by atoms with van der Waals surface area (Å²) >= 11 is 0. The lowest BCUT2D eigenvalue weighted by molar-refractivity contribution is -0.121. The van der Waals surface area contributed by atoms with Crippen LogP contribution < -0.4 is 10.6 Å². The van der Waals surface area contributed by atoms with Crippen LogP contribution in [0.15, 0.2) is 0 Å². The lowest BCUT2D eigenvalue weighted by atomic mass is 9.95. The van der Waals surface area contributed by atoms with Crippen molar-refractivity contribution in [3.05, 3.63) is 0 Å². The molecule has 0 spiro atoms. The van der Waals surface area contributed by atoms with E-state index in [0.717, 1.165) is 19.0 Å². The summed E-state index contributed by atoms with van der Waals surface area (Å²) in [4.78, 5) is 11.3. The van der Waals surface area contributed by atoms with Gasteiger partial charge in [-0.25, -0.2) is 0 Å². The molecule has 1 aliphatic heterocycles. The molecule has 0 bridgehead atoms. The molecule has 0 aromatic rings. The van der Waals surface area contributed by atoms with Gasteiger partial charge in [-0.3, -0.25) is 4.79 Å². The van der Waals surface area contributed by atoms with Crippen LogP contribution in [0.3, 0.4) is 0 Å². The first-order chi connectivity index (χ1) is 6.36. The Kier molecular flexibility index (Phi) is 2.83. The number of carbonyl (C=O) groups excluding carboxylic acids is 1. The Balaban J connectivity index is 1.92. The van der Waals surface area contributed by atoms with Gasteiger partial charge in [0.2, 0.25) is 5.91 Å². The van der Waals surface area contributed by atoms with Gasteiger partial charge in [0.1, 0.15) is 0 Å². The third-order valence-corrected chi connectivity index (χ3v) is 3.23. The largest absolute Gasteiger partial charge is 0.355 e. The SMILES string of the molecule is O=C1CC(C2CCCC2)NCCN1. The van der Waals surface area contributed by atoms with Gasteiger partial charge in [0.05, 0.1) is 0 Å². The fraction of sp³-hybridized carbons (Fsp3) is 0.900. The monoisotopic (exact) mass is 182 g/mol. The molecule has 1 amide bonds. The molecule has 1 atom stereocenters. The molecular formula is C10H18N2O. The zero-order valence-corrected chi connectivity index (χ0v) is 8.01. The molecule has 0 aromatic carbocycles. The summed E-state index contributed by atoms with van der Waals surface area (Å²) in [6.07, 6.45) is 6.01. The normalized spacial score (nSPS) is 31.4. The summed E-state index contributed by atoms with van der Waals surface area (Å²) in [5, 5.41) is 6.37. The van der Waals surface area contributed by atoms with E-state index in [0.29, 0.717) is 12.5 Å². The summed E-state index contributed by atoms with van der Waals surface area (Å²) in [5.41, 5.74) is 0. The van der Waals surface area contributed by atoms with Crippen molar-refractivity contribution in [3.8, 4) is 0 Å². The van der Waals surface area contributed by atoms with Crippen molar-refractivity contribution in [1.82, 2.24) is 10.6 Å². The Bertz CT molecular complexity index is 187. The summed E-state index contributed by atoms with van der Waals surface area (Å²) < 4.78 is 0. The van der Waals surface area contributed by atoms with E-state index in [1.807, 2.05) is 0 Å². The highest BCUT2D eigenvalue weighted by Crippen LogP contribution is 2.29. The second-order valence-corrected chi connectivity index (χ2v) is 4.16. The second kappa shape index (κ2) is 4.09. The second-order valence-electron chi connectivity index (χ2n) is 4.16. The zero-order valence-electron chi connectivity index (χ0n) is 8.01. The minimum absolute atomic E-state index is 0.224. The van der Waals surface area contributed by atoms with E-state index in [4.69, 9.17) is 0 Å². The van der Waals surface area contributed by atoms with Gasteiger partial charge in [-0.1, -0.05) is 12.8 Å². The fourth-order valence-electron chi connectivity index (χ4n) is 2.50. The van der Waals surface area contributed by atoms with E-state index in [9.17, 15) is 4.79 Å². The van der Waals surface area contributed by atoms with Crippen molar-refractivity contribution in [3.63, 3.8) is 0 Å². The predicted octanol–water partition coefficient (Wildman–Crippen LogP) is 0.655. The quantitative estimate of drug-likeness (QED) is 0.625. The average Bonchev–Trinajstić information content (AvgIpc) is 2.56. The van der Waals surface area contributed by atoms with Crippen LogP contribution in [0.1, 0.15) is 32.1 Å². The van der Waals surface area contributed by atoms with Gasteiger partial charge < -0.3 is 10.6 Å². The molecule has 2 aliphatic rings. The molecular weight excluding hydrogens is 164 g/mol. The molecule has 13 heavy (non-hydrogen) atoms. The molecule has 1 saturated heterocycles. The smallest absolute Gasteiger partial charge is 0.221 e. The molecule has 0 aromatic heterocycles. The standard InChI is InChI=1S/C10H18N2O/c13-10-7-9(11-5-6-12-10)8-3-1-2-4-8/h8-9,11H,1-7H2,(H,12,13). The van der Waals surface area contributed by atoms with Crippen molar-refractivity contribution < 1.29 is 4.79 Å². The number of hydrogen-bond donors (Lipinski definition) is 2. The maximum absolute atomic E-state index is 11.3. The van der Waals surface area contributed by atoms with Gasteiger partial charge in [0.25, 0.3) is 0 Å². The molecule has 1 saturated carbocycles. The van der Waals surface area contributed by atoms with Gasteiger partial charge in [-0.05, 0) is 18.8 Å². The van der Waals surface area contributed by atoms with Crippen LogP contribution >= 0.6 is 0 Å². The van der Waals surface area contributed by atoms with E-state index in [2.05, 4.69) is 10.6 Å². The summed E-state index contributed by atoms with van der Waals surface area (Å²) in [7, 11) is 0. The van der Waals surface area contributed by atoms with Crippen molar-refractivity contribution >= 4 is 5.91 Å². The van der Waals surface area contributed by atoms with Crippen LogP contribution in [0.4, 0.5) is 0 Å². The highest BCUT2D eigenvalue weighted by Gasteiger charge is 2.27. The fourth-order valence-corrected chi connectivity index (χ4v) is 2.50. The Morgan fingerprint density at radius 3 is 2.69 bits per heavy atom. The number of nitrogens with one attached hydrogen (secondary N) is 2. The van der Waals surface area contributed by atoms with Crippen molar-refractivity contribution in [1.29, 1.82) is 0 Å². The van der Waals surface area contributed by atoms with E-state index < -0.39 is 0 Å². The number of rotatable bonds is 1. The van der Waals surface area contributed by atoms with Gasteiger partial charge in [0, 0.05) is 25.6 Å². The molecule has 0 radical (unpaired) electrons. The van der Waals surface area contributed by atoms with Crippen molar-refractivity contribution in [2.75, 3.05) is 13.1 Å². The van der Waals surface area contributed by atoms with Crippen molar-refractivity contribution in [2.24, 2.45) is 5.92 Å². The van der Waals surface area contributed by atoms with E-state index in [-0.39, 0.29) is 5.91 Å². The van der Waals surface area contributed by atoms with Crippen LogP contribution in [0, 0.1) is 5.92 Å². The number of carbonyl (C=O) groups is 1. The van der Waals surface area contributed by atoms with E-state index >= 15 is 0 Å². The first kappa shape index (κ1) is 9.00. The molecule has 3 nitrogen and oxygen atoms in total. The maximum Gasteiger partial charge on any atom is 0.221 e. The maximum atomic E-state index is 11.3. The van der Waals surface area contributed by atoms with Crippen molar-refractivity contribution in [2.45, 2.75) is 38.1 Å². The summed E-state index contributed by atoms with van der Waals surface area (Å²) in [5.74, 6) is 0.978. The van der Waals surface area contributed by atoms with Crippen LogP contribution in [-0.2, 0) is 4.79 Å². The third kappa shape index (κ3) is 2.21. The topological polar surface area (TPSA) is 41.1 Å². The highest BCUT2D eigenvalue weighted by atomic mass is 16.1. The average molecular weight is 182 g/mol. The molecule has 1 heterocycles. The Morgan fingerprint density at radius 2 is 1.92 bits per heavy atom. The molecule has 74 valence electrons. The first-order valence-electron chi connectivity index (χ1n) is 5.36. The van der Waals surface area contributed by atoms with Gasteiger partial charge in [-0.2, -0.15) is 0 Å². The Morgan fingerprint density at radius 1 is 1.15 bits per heavy atom. The van der Waals surface area contributed by atoms with Crippen LogP contribution in [0.5, 0.6) is 0 Å². The third-order valence-electron chi connectivity index (χ3n) is 3.23. The summed E-state index contributed by atoms with van der Waals surface area (Å²) in [6, 6.07) is 0.449. The first-order valence-corrected chi connectivity index (χ1v) is 5.36. The zero-order chi connectivity index (χ0) is 9.10. The van der Waals surface area contributed by atoms with Crippen LogP contribution in [0.2, 0.25) is 0 Å². The van der Waals surface area contributed by atoms with Crippen LogP contribution in [-0.4, -0.2) is 25.0 Å². The minimum atomic E-state index is 0.224. The molecule has 2 rings (SSSR count). The lowest BCUT2D eigenvalue weighted by Gasteiger charge is -2.21. The highest BCUT2D eigenvalue weighted by molar-refractivity contribution is 5.76. The number of amides is 1. The van der Waals surface area contributed by atoms with Crippen LogP contribution in [0.25, 0.3) is 0 Å². The summed E-state index contributed by atoms with van der Waals surface area (Å²) in [6.45, 7) is 1.73. The van der Waals surface area contributed by atoms with E-state index in [1.54, 1.807) is 0 Å². The number of hydrogen-bond acceptors (Lipinski definition) is 2. The molecule has 3 heteroatoms. The Hall–Kier alpha value is -0.570.